The maximum atomic E-state index is 11.5. The molecule has 0 radical (unpaired) electrons. The average Bonchev–Trinajstić information content (AvgIpc) is 2.45. The van der Waals surface area contributed by atoms with E-state index in [0.29, 0.717) is 18.1 Å². The van der Waals surface area contributed by atoms with E-state index in [-0.39, 0.29) is 11.9 Å². The molecule has 0 unspecified atom stereocenters. The molecule has 0 fully saturated rings. The quantitative estimate of drug-likeness (QED) is 0.774. The van der Waals surface area contributed by atoms with E-state index in [1.54, 1.807) is 13.0 Å². The summed E-state index contributed by atoms with van der Waals surface area (Å²) in [4.78, 5) is 20.3. The first-order valence-electron chi connectivity index (χ1n) is 7.63. The smallest absolute Gasteiger partial charge is 0.412 e. The molecule has 2 heterocycles. The Hall–Kier alpha value is -2.31. The van der Waals surface area contributed by atoms with Crippen LogP contribution in [0.4, 0.5) is 27.8 Å². The zero-order valence-electron chi connectivity index (χ0n) is 13.3. The molecule has 0 aliphatic carbocycles. The van der Waals surface area contributed by atoms with Crippen molar-refractivity contribution in [2.75, 3.05) is 23.0 Å². The minimum absolute atomic E-state index is 0.135. The Bertz CT molecular complexity index is 586. The first kappa shape index (κ1) is 16.1. The van der Waals surface area contributed by atoms with Crippen LogP contribution < -0.4 is 16.4 Å². The Kier molecular flexibility index (Phi) is 5.19. The maximum Gasteiger partial charge on any atom is 0.412 e. The average molecular weight is 305 g/mol. The number of rotatable bonds is 5. The minimum Gasteiger partial charge on any atom is -0.450 e. The van der Waals surface area contributed by atoms with Crippen molar-refractivity contribution in [3.8, 4) is 0 Å². The van der Waals surface area contributed by atoms with E-state index in [0.717, 1.165) is 30.7 Å². The zero-order chi connectivity index (χ0) is 16.1. The highest BCUT2D eigenvalue weighted by Crippen LogP contribution is 2.36. The number of nitrogen functional groups attached to an aromatic ring is 1. The monoisotopic (exact) mass is 305 g/mol. The molecule has 1 atom stereocenters. The van der Waals surface area contributed by atoms with Crippen LogP contribution in [0.5, 0.6) is 0 Å². The lowest BCUT2D eigenvalue weighted by Crippen LogP contribution is -2.29. The van der Waals surface area contributed by atoms with Crippen LogP contribution in [0.1, 0.15) is 40.0 Å². The van der Waals surface area contributed by atoms with Gasteiger partial charge in [-0.25, -0.2) is 14.8 Å². The first-order chi connectivity index (χ1) is 10.5. The van der Waals surface area contributed by atoms with Gasteiger partial charge < -0.3 is 15.8 Å². The van der Waals surface area contributed by atoms with Gasteiger partial charge in [-0.1, -0.05) is 13.3 Å². The van der Waals surface area contributed by atoms with Crippen molar-refractivity contribution in [2.24, 2.45) is 4.99 Å². The van der Waals surface area contributed by atoms with E-state index in [2.05, 4.69) is 34.5 Å². The fourth-order valence-corrected chi connectivity index (χ4v) is 2.31. The lowest BCUT2D eigenvalue weighted by atomic mass is 10.0. The molecule has 4 N–H and O–H groups in total. The van der Waals surface area contributed by atoms with Crippen LogP contribution in [-0.4, -0.2) is 29.4 Å². The molecule has 7 heteroatoms. The van der Waals surface area contributed by atoms with Crippen LogP contribution in [0.25, 0.3) is 0 Å². The lowest BCUT2D eigenvalue weighted by Gasteiger charge is -2.25. The Morgan fingerprint density at radius 1 is 1.50 bits per heavy atom. The number of anilines is 3. The third-order valence-electron chi connectivity index (χ3n) is 3.44. The second-order valence-corrected chi connectivity index (χ2v) is 5.21. The lowest BCUT2D eigenvalue weighted by molar-refractivity contribution is 0.168. The molecular formula is C15H23N5O2. The molecule has 0 bridgehead atoms. The van der Waals surface area contributed by atoms with E-state index in [4.69, 9.17) is 10.5 Å². The molecule has 1 aliphatic heterocycles. The number of nitrogens with two attached hydrogens (primary N) is 1. The van der Waals surface area contributed by atoms with E-state index in [1.807, 2.05) is 0 Å². The van der Waals surface area contributed by atoms with Gasteiger partial charge in [-0.2, -0.15) is 0 Å². The van der Waals surface area contributed by atoms with Gasteiger partial charge in [0.15, 0.2) is 5.82 Å². The summed E-state index contributed by atoms with van der Waals surface area (Å²) in [7, 11) is 0. The van der Waals surface area contributed by atoms with Crippen molar-refractivity contribution in [3.63, 3.8) is 0 Å². The van der Waals surface area contributed by atoms with Gasteiger partial charge in [0.25, 0.3) is 0 Å². The van der Waals surface area contributed by atoms with Crippen LogP contribution in [0.15, 0.2) is 11.1 Å². The third-order valence-corrected chi connectivity index (χ3v) is 3.44. The summed E-state index contributed by atoms with van der Waals surface area (Å²) in [6, 6.07) is 1.86. The first-order valence-corrected chi connectivity index (χ1v) is 7.63. The van der Waals surface area contributed by atoms with Gasteiger partial charge in [-0.3, -0.25) is 5.32 Å². The van der Waals surface area contributed by atoms with Gasteiger partial charge in [0.05, 0.1) is 18.3 Å². The number of amides is 1. The Balaban J connectivity index is 2.24. The topological polar surface area (TPSA) is 102 Å². The van der Waals surface area contributed by atoms with Gasteiger partial charge in [-0.05, 0) is 26.7 Å². The number of hydrogen-bond donors (Lipinski definition) is 3. The molecule has 7 nitrogen and oxygen atoms in total. The van der Waals surface area contributed by atoms with Gasteiger partial charge in [0.1, 0.15) is 11.5 Å². The molecule has 1 aromatic heterocycles. The number of pyridine rings is 1. The van der Waals surface area contributed by atoms with Gasteiger partial charge >= 0.3 is 6.09 Å². The third kappa shape index (κ3) is 3.66. The van der Waals surface area contributed by atoms with Crippen molar-refractivity contribution in [3.05, 3.63) is 6.07 Å². The van der Waals surface area contributed by atoms with Crippen LogP contribution in [0.3, 0.4) is 0 Å². The fraction of sp³-hybridized carbons (Fsp3) is 0.533. The Morgan fingerprint density at radius 3 is 2.95 bits per heavy atom. The number of nitrogens with zero attached hydrogens (tertiary/aromatic N) is 2. The highest BCUT2D eigenvalue weighted by molar-refractivity contribution is 6.00. The van der Waals surface area contributed by atoms with Crippen molar-refractivity contribution in [1.29, 1.82) is 0 Å². The number of unbranched alkanes of at least 4 members (excludes halogenated alkanes) is 1. The van der Waals surface area contributed by atoms with Gasteiger partial charge in [0.2, 0.25) is 0 Å². The number of carbonyl (C=O) groups excluding carboxylic acids is 1. The SMILES string of the molecule is CCCCC1=Nc2c(cc(NC(=O)OCC)nc2N)N[C@H]1C. The van der Waals surface area contributed by atoms with Crippen LogP contribution in [0.2, 0.25) is 0 Å². The zero-order valence-corrected chi connectivity index (χ0v) is 13.3. The van der Waals surface area contributed by atoms with Crippen molar-refractivity contribution in [2.45, 2.75) is 46.1 Å². The molecule has 1 amide bonds. The predicted octanol–water partition coefficient (Wildman–Crippen LogP) is 3.31. The number of hydrogen-bond acceptors (Lipinski definition) is 6. The summed E-state index contributed by atoms with van der Waals surface area (Å²) in [5.41, 5.74) is 8.46. The van der Waals surface area contributed by atoms with Gasteiger partial charge in [0, 0.05) is 11.8 Å². The molecule has 0 spiro atoms. The molecular weight excluding hydrogens is 282 g/mol. The van der Waals surface area contributed by atoms with E-state index in [9.17, 15) is 4.79 Å². The molecule has 120 valence electrons. The summed E-state index contributed by atoms with van der Waals surface area (Å²) in [6.45, 7) is 6.25. The number of aromatic nitrogens is 1. The van der Waals surface area contributed by atoms with E-state index in [1.165, 1.54) is 0 Å². The fourth-order valence-electron chi connectivity index (χ4n) is 2.31. The largest absolute Gasteiger partial charge is 0.450 e. The number of fused-ring (bicyclic) bond motifs is 1. The highest BCUT2D eigenvalue weighted by Gasteiger charge is 2.21. The maximum absolute atomic E-state index is 11.5. The normalized spacial score (nSPS) is 16.3. The molecule has 1 aromatic rings. The molecule has 2 rings (SSSR count). The number of nitrogens with one attached hydrogen (secondary N) is 2. The number of ether oxygens (including phenoxy) is 1. The summed E-state index contributed by atoms with van der Waals surface area (Å²) in [5.74, 6) is 0.638. The molecule has 0 saturated heterocycles. The molecule has 1 aliphatic rings. The highest BCUT2D eigenvalue weighted by atomic mass is 16.5. The second kappa shape index (κ2) is 7.11. The molecule has 22 heavy (non-hydrogen) atoms. The van der Waals surface area contributed by atoms with E-state index < -0.39 is 6.09 Å². The number of carbonyl (C=O) groups is 1. The molecule has 0 saturated carbocycles. The van der Waals surface area contributed by atoms with Gasteiger partial charge in [-0.15, -0.1) is 0 Å². The van der Waals surface area contributed by atoms with E-state index >= 15 is 0 Å². The summed E-state index contributed by atoms with van der Waals surface area (Å²) in [5, 5.41) is 5.92. The van der Waals surface area contributed by atoms with Crippen LogP contribution in [-0.2, 0) is 4.74 Å². The predicted molar refractivity (Wildman–Crippen MR) is 89.0 cm³/mol. The molecule has 0 aromatic carbocycles. The number of aliphatic imine (C=N–C) groups is 1. The summed E-state index contributed by atoms with van der Waals surface area (Å²) >= 11 is 0. The second-order valence-electron chi connectivity index (χ2n) is 5.21. The summed E-state index contributed by atoms with van der Waals surface area (Å²) < 4.78 is 4.83. The standard InChI is InChI=1S/C15H23N5O2/c1-4-6-7-10-9(3)17-11-8-12(20-15(21)22-5-2)19-14(16)13(11)18-10/h8-9,17H,4-7H2,1-3H3,(H3,16,19,20,21)/t9-/m0/s1. The van der Waals surface area contributed by atoms with Crippen molar-refractivity contribution < 1.29 is 9.53 Å². The van der Waals surface area contributed by atoms with Crippen molar-refractivity contribution >= 4 is 34.8 Å². The van der Waals surface area contributed by atoms with Crippen LogP contribution in [0, 0.1) is 0 Å². The Labute approximate surface area is 130 Å². The van der Waals surface area contributed by atoms with Crippen LogP contribution >= 0.6 is 0 Å². The summed E-state index contributed by atoms with van der Waals surface area (Å²) in [6.07, 6.45) is 2.60. The minimum atomic E-state index is -0.551. The van der Waals surface area contributed by atoms with Crippen molar-refractivity contribution in [1.82, 2.24) is 4.98 Å². The Morgan fingerprint density at radius 2 is 2.27 bits per heavy atom.